The van der Waals surface area contributed by atoms with Crippen LogP contribution in [0.3, 0.4) is 0 Å². The van der Waals surface area contributed by atoms with Gasteiger partial charge in [0.2, 0.25) is 0 Å². The van der Waals surface area contributed by atoms with Gasteiger partial charge in [-0.2, -0.15) is 11.8 Å². The summed E-state index contributed by atoms with van der Waals surface area (Å²) >= 11 is 1.82. The van der Waals surface area contributed by atoms with E-state index in [-0.39, 0.29) is 12.1 Å². The Morgan fingerprint density at radius 1 is 1.00 bits per heavy atom. The quantitative estimate of drug-likeness (QED) is 0.574. The van der Waals surface area contributed by atoms with Gasteiger partial charge in [-0.3, -0.25) is 0 Å². The zero-order valence-corrected chi connectivity index (χ0v) is 11.3. The van der Waals surface area contributed by atoms with Crippen molar-refractivity contribution >= 4 is 11.8 Å². The lowest BCUT2D eigenvalue weighted by atomic mass is 10.2. The molecule has 18 heavy (non-hydrogen) atoms. The van der Waals surface area contributed by atoms with E-state index < -0.39 is 17.5 Å². The summed E-state index contributed by atoms with van der Waals surface area (Å²) in [6.45, 7) is 0.985. The van der Waals surface area contributed by atoms with Crippen molar-refractivity contribution in [3.05, 3.63) is 35.1 Å². The largest absolute Gasteiger partial charge is 0.313 e. The monoisotopic (exact) mass is 277 g/mol. The normalized spacial score (nSPS) is 10.9. The van der Waals surface area contributed by atoms with Gasteiger partial charge < -0.3 is 5.32 Å². The van der Waals surface area contributed by atoms with Crippen LogP contribution in [-0.2, 0) is 6.54 Å². The van der Waals surface area contributed by atoms with Gasteiger partial charge in [0.1, 0.15) is 5.82 Å². The third-order valence-electron chi connectivity index (χ3n) is 2.61. The third-order valence-corrected chi connectivity index (χ3v) is 3.30. The van der Waals surface area contributed by atoms with E-state index in [0.717, 1.165) is 31.2 Å². The molecule has 0 spiro atoms. The van der Waals surface area contributed by atoms with E-state index in [1.807, 2.05) is 11.8 Å². The van der Waals surface area contributed by atoms with Crippen molar-refractivity contribution in [3.8, 4) is 0 Å². The third kappa shape index (κ3) is 5.31. The summed E-state index contributed by atoms with van der Waals surface area (Å²) in [7, 11) is 0. The minimum atomic E-state index is -1.15. The smallest absolute Gasteiger partial charge is 0.161 e. The van der Waals surface area contributed by atoms with Crippen LogP contribution in [0.5, 0.6) is 0 Å². The van der Waals surface area contributed by atoms with Crippen molar-refractivity contribution in [2.75, 3.05) is 18.6 Å². The molecule has 5 heteroatoms. The fraction of sp³-hybridized carbons (Fsp3) is 0.538. The van der Waals surface area contributed by atoms with E-state index in [0.29, 0.717) is 6.07 Å². The molecule has 0 atom stereocenters. The van der Waals surface area contributed by atoms with E-state index in [4.69, 9.17) is 0 Å². The van der Waals surface area contributed by atoms with Crippen molar-refractivity contribution < 1.29 is 13.2 Å². The number of hydrogen-bond donors (Lipinski definition) is 1. The molecule has 0 saturated heterocycles. The minimum absolute atomic E-state index is 0.165. The molecule has 0 aliphatic rings. The Morgan fingerprint density at radius 3 is 2.44 bits per heavy atom. The van der Waals surface area contributed by atoms with Crippen LogP contribution in [0.4, 0.5) is 13.2 Å². The number of rotatable bonds is 8. The molecule has 1 N–H and O–H groups in total. The highest BCUT2D eigenvalue weighted by molar-refractivity contribution is 7.98. The molecule has 0 amide bonds. The molecule has 0 saturated carbocycles. The van der Waals surface area contributed by atoms with Gasteiger partial charge in [-0.25, -0.2) is 13.2 Å². The molecule has 0 radical (unpaired) electrons. The van der Waals surface area contributed by atoms with E-state index in [2.05, 4.69) is 11.6 Å². The van der Waals surface area contributed by atoms with Crippen molar-refractivity contribution in [1.29, 1.82) is 0 Å². The first kappa shape index (κ1) is 15.4. The Morgan fingerprint density at radius 2 is 1.72 bits per heavy atom. The highest BCUT2D eigenvalue weighted by atomic mass is 32.2. The summed E-state index contributed by atoms with van der Waals surface area (Å²) in [5.74, 6) is -1.71. The van der Waals surface area contributed by atoms with Gasteiger partial charge in [0, 0.05) is 18.2 Å². The van der Waals surface area contributed by atoms with Crippen LogP contribution in [0, 0.1) is 17.5 Å². The Kier molecular flexibility index (Phi) is 7.20. The predicted molar refractivity (Wildman–Crippen MR) is 70.3 cm³/mol. The highest BCUT2D eigenvalue weighted by Crippen LogP contribution is 2.13. The lowest BCUT2D eigenvalue weighted by Crippen LogP contribution is -2.16. The fourth-order valence-corrected chi connectivity index (χ4v) is 2.09. The Bertz CT molecular complexity index is 371. The van der Waals surface area contributed by atoms with Crippen LogP contribution in [0.1, 0.15) is 24.8 Å². The first-order chi connectivity index (χ1) is 8.65. The van der Waals surface area contributed by atoms with Crippen LogP contribution < -0.4 is 5.32 Å². The number of hydrogen-bond acceptors (Lipinski definition) is 2. The molecule has 102 valence electrons. The molecule has 0 aliphatic heterocycles. The van der Waals surface area contributed by atoms with Crippen molar-refractivity contribution in [3.63, 3.8) is 0 Å². The van der Waals surface area contributed by atoms with Gasteiger partial charge in [0.25, 0.3) is 0 Å². The second kappa shape index (κ2) is 8.43. The zero-order valence-electron chi connectivity index (χ0n) is 10.4. The molecule has 0 aromatic heterocycles. The van der Waals surface area contributed by atoms with Crippen molar-refractivity contribution in [2.45, 2.75) is 25.8 Å². The summed E-state index contributed by atoms with van der Waals surface area (Å²) in [5.41, 5.74) is 0.165. The van der Waals surface area contributed by atoms with Gasteiger partial charge in [0.15, 0.2) is 11.6 Å². The minimum Gasteiger partial charge on any atom is -0.313 e. The molecule has 0 fully saturated rings. The topological polar surface area (TPSA) is 12.0 Å². The standard InChI is InChI=1S/C13H18F3NS/c1-18-6-4-2-3-5-17-9-10-7-12(15)13(16)8-11(10)14/h7-8,17H,2-6,9H2,1H3. The van der Waals surface area contributed by atoms with E-state index in [1.54, 1.807) is 0 Å². The van der Waals surface area contributed by atoms with Crippen molar-refractivity contribution in [1.82, 2.24) is 5.32 Å². The second-order valence-corrected chi connectivity index (χ2v) is 5.07. The van der Waals surface area contributed by atoms with Crippen LogP contribution in [0.2, 0.25) is 0 Å². The molecule has 1 aromatic rings. The van der Waals surface area contributed by atoms with Crippen molar-refractivity contribution in [2.24, 2.45) is 0 Å². The Hall–Kier alpha value is -0.680. The second-order valence-electron chi connectivity index (χ2n) is 4.09. The molecular formula is C13H18F3NS. The van der Waals surface area contributed by atoms with Gasteiger partial charge in [-0.1, -0.05) is 6.42 Å². The number of halogens is 3. The molecule has 1 aromatic carbocycles. The summed E-state index contributed by atoms with van der Waals surface area (Å²) in [4.78, 5) is 0. The summed E-state index contributed by atoms with van der Waals surface area (Å²) in [5, 5.41) is 3.03. The van der Waals surface area contributed by atoms with Gasteiger partial charge >= 0.3 is 0 Å². The average Bonchev–Trinajstić information content (AvgIpc) is 2.34. The molecule has 1 rings (SSSR count). The van der Waals surface area contributed by atoms with Gasteiger partial charge in [-0.05, 0) is 37.5 Å². The first-order valence-corrected chi connectivity index (χ1v) is 7.37. The first-order valence-electron chi connectivity index (χ1n) is 5.98. The van der Waals surface area contributed by atoms with Crippen LogP contribution in [0.15, 0.2) is 12.1 Å². The molecular weight excluding hydrogens is 259 g/mol. The summed E-state index contributed by atoms with van der Waals surface area (Å²) in [6.07, 6.45) is 5.37. The lowest BCUT2D eigenvalue weighted by Gasteiger charge is -2.06. The Labute approximate surface area is 110 Å². The van der Waals surface area contributed by atoms with E-state index in [1.165, 1.54) is 6.42 Å². The number of thioether (sulfide) groups is 1. The molecule has 1 nitrogen and oxygen atoms in total. The SMILES string of the molecule is CSCCCCCNCc1cc(F)c(F)cc1F. The molecule has 0 unspecified atom stereocenters. The number of nitrogens with one attached hydrogen (secondary N) is 1. The Balaban J connectivity index is 2.25. The predicted octanol–water partition coefficient (Wildman–Crippen LogP) is 3.73. The summed E-state index contributed by atoms with van der Waals surface area (Å²) in [6, 6.07) is 1.50. The zero-order chi connectivity index (χ0) is 13.4. The van der Waals surface area contributed by atoms with Crippen LogP contribution in [0.25, 0.3) is 0 Å². The lowest BCUT2D eigenvalue weighted by molar-refractivity contribution is 0.486. The van der Waals surface area contributed by atoms with E-state index in [9.17, 15) is 13.2 Å². The van der Waals surface area contributed by atoms with Crippen LogP contribution >= 0.6 is 11.8 Å². The molecule has 0 aliphatic carbocycles. The van der Waals surface area contributed by atoms with Gasteiger partial charge in [0.05, 0.1) is 0 Å². The maximum atomic E-state index is 13.3. The number of unbranched alkanes of at least 4 members (excludes halogenated alkanes) is 2. The molecule has 0 heterocycles. The maximum absolute atomic E-state index is 13.3. The summed E-state index contributed by atoms with van der Waals surface area (Å²) < 4.78 is 38.8. The average molecular weight is 277 g/mol. The maximum Gasteiger partial charge on any atom is 0.161 e. The van der Waals surface area contributed by atoms with Crippen LogP contribution in [-0.4, -0.2) is 18.6 Å². The highest BCUT2D eigenvalue weighted by Gasteiger charge is 2.08. The van der Waals surface area contributed by atoms with E-state index >= 15 is 0 Å². The number of benzene rings is 1. The van der Waals surface area contributed by atoms with Gasteiger partial charge in [-0.15, -0.1) is 0 Å². The molecule has 0 bridgehead atoms. The fourth-order valence-electron chi connectivity index (χ4n) is 1.60.